The number of rotatable bonds is 5. The molecule has 1 N–H and O–H groups in total. The Morgan fingerprint density at radius 3 is 2.50 bits per heavy atom. The maximum absolute atomic E-state index is 12.9. The Labute approximate surface area is 135 Å². The molecule has 7 nitrogen and oxygen atoms in total. The molecule has 1 saturated heterocycles. The van der Waals surface area contributed by atoms with Crippen LogP contribution in [0.1, 0.15) is 37.9 Å². The smallest absolute Gasteiger partial charge is 0.394 e. The van der Waals surface area contributed by atoms with E-state index in [-0.39, 0.29) is 24.7 Å². The van der Waals surface area contributed by atoms with Crippen molar-refractivity contribution in [2.24, 2.45) is 11.8 Å². The van der Waals surface area contributed by atoms with Crippen LogP contribution >= 0.6 is 0 Å². The fourth-order valence-electron chi connectivity index (χ4n) is 2.57. The zero-order valence-corrected chi connectivity index (χ0v) is 13.2. The quantitative estimate of drug-likeness (QED) is 0.871. The summed E-state index contributed by atoms with van der Waals surface area (Å²) in [5.41, 5.74) is 0. The highest BCUT2D eigenvalue weighted by Crippen LogP contribution is 2.37. The summed E-state index contributed by atoms with van der Waals surface area (Å²) in [6, 6.07) is 0. The van der Waals surface area contributed by atoms with Gasteiger partial charge in [0.1, 0.15) is 0 Å². The number of aromatic nitrogens is 2. The van der Waals surface area contributed by atoms with E-state index in [2.05, 4.69) is 10.1 Å². The third-order valence-corrected chi connectivity index (χ3v) is 3.96. The number of likely N-dealkylation sites (tertiary alicyclic amines) is 1. The molecule has 1 aliphatic heterocycles. The van der Waals surface area contributed by atoms with Crippen LogP contribution in [0.5, 0.6) is 0 Å². The van der Waals surface area contributed by atoms with Gasteiger partial charge >= 0.3 is 12.1 Å². The number of aliphatic carboxylic acids is 1. The van der Waals surface area contributed by atoms with Gasteiger partial charge in [-0.05, 0) is 0 Å². The van der Waals surface area contributed by atoms with Crippen molar-refractivity contribution in [3.05, 3.63) is 11.7 Å². The summed E-state index contributed by atoms with van der Waals surface area (Å²) in [7, 11) is 0. The van der Waals surface area contributed by atoms with E-state index in [9.17, 15) is 22.8 Å². The molecule has 0 bridgehead atoms. The molecule has 1 amide bonds. The number of hydrogen-bond donors (Lipinski definition) is 1. The highest BCUT2D eigenvalue weighted by atomic mass is 19.4. The van der Waals surface area contributed by atoms with Crippen LogP contribution in [0.3, 0.4) is 0 Å². The van der Waals surface area contributed by atoms with E-state index in [0.29, 0.717) is 5.82 Å². The molecule has 0 saturated carbocycles. The Morgan fingerprint density at radius 2 is 2.04 bits per heavy atom. The van der Waals surface area contributed by atoms with Gasteiger partial charge in [-0.1, -0.05) is 19.0 Å². The zero-order valence-electron chi connectivity index (χ0n) is 13.2. The number of carboxylic acids is 1. The molecule has 2 atom stereocenters. The molecule has 24 heavy (non-hydrogen) atoms. The van der Waals surface area contributed by atoms with Crippen molar-refractivity contribution in [1.29, 1.82) is 0 Å². The van der Waals surface area contributed by atoms with Crippen molar-refractivity contribution in [2.75, 3.05) is 13.1 Å². The lowest BCUT2D eigenvalue weighted by atomic mass is 9.96. The summed E-state index contributed by atoms with van der Waals surface area (Å²) in [5, 5.41) is 12.7. The minimum Gasteiger partial charge on any atom is -0.481 e. The van der Waals surface area contributed by atoms with Crippen molar-refractivity contribution in [1.82, 2.24) is 15.0 Å². The maximum Gasteiger partial charge on any atom is 0.394 e. The topological polar surface area (TPSA) is 96.5 Å². The number of alkyl halides is 3. The fraction of sp³-hybridized carbons (Fsp3) is 0.714. The summed E-state index contributed by atoms with van der Waals surface area (Å²) >= 11 is 0. The van der Waals surface area contributed by atoms with E-state index in [4.69, 9.17) is 9.63 Å². The van der Waals surface area contributed by atoms with E-state index < -0.39 is 43.0 Å². The monoisotopic (exact) mass is 349 g/mol. The van der Waals surface area contributed by atoms with Gasteiger partial charge in [0.05, 0.1) is 11.8 Å². The first-order valence-electron chi connectivity index (χ1n) is 7.49. The molecule has 0 aromatic carbocycles. The van der Waals surface area contributed by atoms with Crippen molar-refractivity contribution in [2.45, 2.75) is 38.8 Å². The van der Waals surface area contributed by atoms with Gasteiger partial charge in [0, 0.05) is 31.8 Å². The number of carboxylic acid groups (broad SMARTS) is 1. The van der Waals surface area contributed by atoms with Gasteiger partial charge in [0.15, 0.2) is 5.82 Å². The van der Waals surface area contributed by atoms with Crippen LogP contribution in [0.2, 0.25) is 0 Å². The second kappa shape index (κ2) is 6.78. The Balaban J connectivity index is 1.96. The molecular weight excluding hydrogens is 331 g/mol. The molecule has 1 aromatic heterocycles. The summed E-state index contributed by atoms with van der Waals surface area (Å²) in [4.78, 5) is 28.1. The van der Waals surface area contributed by atoms with Crippen molar-refractivity contribution >= 4 is 11.9 Å². The molecule has 2 heterocycles. The van der Waals surface area contributed by atoms with Crippen molar-refractivity contribution in [3.63, 3.8) is 0 Å². The van der Waals surface area contributed by atoms with Gasteiger partial charge < -0.3 is 14.5 Å². The van der Waals surface area contributed by atoms with Crippen LogP contribution in [-0.4, -0.2) is 51.3 Å². The number of nitrogens with zero attached hydrogens (tertiary/aromatic N) is 3. The summed E-state index contributed by atoms with van der Waals surface area (Å²) in [6.45, 7) is 2.65. The maximum atomic E-state index is 12.9. The van der Waals surface area contributed by atoms with E-state index in [1.54, 1.807) is 0 Å². The summed E-state index contributed by atoms with van der Waals surface area (Å²) in [5.74, 6) is -5.01. The third-order valence-electron chi connectivity index (χ3n) is 3.96. The van der Waals surface area contributed by atoms with Crippen LogP contribution in [0.15, 0.2) is 4.52 Å². The van der Waals surface area contributed by atoms with Gasteiger partial charge in [-0.2, -0.15) is 18.2 Å². The lowest BCUT2D eigenvalue weighted by Gasteiger charge is -2.18. The molecule has 1 aliphatic rings. The van der Waals surface area contributed by atoms with Crippen LogP contribution in [0.4, 0.5) is 13.2 Å². The number of aryl methyl sites for hydroxylation is 1. The van der Waals surface area contributed by atoms with Crippen molar-refractivity contribution in [3.8, 4) is 0 Å². The van der Waals surface area contributed by atoms with Crippen LogP contribution in [0, 0.1) is 11.8 Å². The Kier molecular flexibility index (Phi) is 5.14. The predicted octanol–water partition coefficient (Wildman–Crippen LogP) is 1.85. The van der Waals surface area contributed by atoms with Gasteiger partial charge in [0.2, 0.25) is 11.8 Å². The molecule has 1 fully saturated rings. The zero-order chi connectivity index (χ0) is 18.1. The van der Waals surface area contributed by atoms with Gasteiger partial charge in [-0.3, -0.25) is 9.59 Å². The lowest BCUT2D eigenvalue weighted by Crippen LogP contribution is -2.34. The average molecular weight is 349 g/mol. The highest BCUT2D eigenvalue weighted by molar-refractivity contribution is 5.79. The third kappa shape index (κ3) is 4.04. The molecule has 0 radical (unpaired) electrons. The molecule has 0 unspecified atom stereocenters. The minimum absolute atomic E-state index is 0.0562. The first-order chi connectivity index (χ1) is 11.1. The molecule has 134 valence electrons. The molecule has 10 heteroatoms. The standard InChI is InChI=1S/C14H18F3N3O4/c1-7(2)12-18-10(24-19-12)3-4-11(21)20-5-8(13(22)23)9(6-20)14(15,16)17/h7-9H,3-6H2,1-2H3,(H,22,23)/t8-,9-/m1/s1. The van der Waals surface area contributed by atoms with Crippen LogP contribution < -0.4 is 0 Å². The summed E-state index contributed by atoms with van der Waals surface area (Å²) in [6.07, 6.45) is -4.67. The SMILES string of the molecule is CC(C)c1noc(CCC(=O)N2C[C@@H](C(F)(F)F)[C@H](C(=O)O)C2)n1. The normalized spacial score (nSPS) is 21.5. The largest absolute Gasteiger partial charge is 0.481 e. The van der Waals surface area contributed by atoms with E-state index in [1.165, 1.54) is 0 Å². The highest BCUT2D eigenvalue weighted by Gasteiger charge is 2.53. The van der Waals surface area contributed by atoms with E-state index >= 15 is 0 Å². The van der Waals surface area contributed by atoms with Crippen LogP contribution in [-0.2, 0) is 16.0 Å². The van der Waals surface area contributed by atoms with Gasteiger partial charge in [-0.25, -0.2) is 0 Å². The number of amides is 1. The molecule has 2 rings (SSSR count). The molecule has 1 aromatic rings. The van der Waals surface area contributed by atoms with Crippen molar-refractivity contribution < 1.29 is 32.4 Å². The summed E-state index contributed by atoms with van der Waals surface area (Å²) < 4.78 is 43.7. The second-order valence-electron chi connectivity index (χ2n) is 6.09. The van der Waals surface area contributed by atoms with Gasteiger partial charge in [0.25, 0.3) is 0 Å². The van der Waals surface area contributed by atoms with E-state index in [1.807, 2.05) is 13.8 Å². The number of carbonyl (C=O) groups is 2. The number of halogens is 3. The number of carbonyl (C=O) groups excluding carboxylic acids is 1. The second-order valence-corrected chi connectivity index (χ2v) is 6.09. The van der Waals surface area contributed by atoms with Crippen LogP contribution in [0.25, 0.3) is 0 Å². The average Bonchev–Trinajstić information content (AvgIpc) is 3.11. The predicted molar refractivity (Wildman–Crippen MR) is 74.0 cm³/mol. The Morgan fingerprint density at radius 1 is 1.38 bits per heavy atom. The molecule has 0 spiro atoms. The fourth-order valence-corrected chi connectivity index (χ4v) is 2.57. The first kappa shape index (κ1) is 18.2. The first-order valence-corrected chi connectivity index (χ1v) is 7.49. The van der Waals surface area contributed by atoms with Gasteiger partial charge in [-0.15, -0.1) is 0 Å². The Bertz CT molecular complexity index is 615. The van der Waals surface area contributed by atoms with E-state index in [0.717, 1.165) is 4.90 Å². The Hall–Kier alpha value is -2.13. The number of hydrogen-bond acceptors (Lipinski definition) is 5. The molecular formula is C14H18F3N3O4. The molecule has 0 aliphatic carbocycles. The lowest BCUT2D eigenvalue weighted by molar-refractivity contribution is -0.188. The minimum atomic E-state index is -4.66.